The minimum Gasteiger partial charge on any atom is -0.310 e. The molecule has 0 saturated carbocycles. The zero-order valence-electron chi connectivity index (χ0n) is 39.0. The lowest BCUT2D eigenvalue weighted by atomic mass is 9.68. The first kappa shape index (κ1) is 39.3. The second kappa shape index (κ2) is 14.4. The molecule has 70 heavy (non-hydrogen) atoms. The lowest BCUT2D eigenvalue weighted by molar-refractivity contribution is 0.660. The normalized spacial score (nSPS) is 14.1. The van der Waals surface area contributed by atoms with E-state index in [9.17, 15) is 0 Å². The third-order valence-electron chi connectivity index (χ3n) is 16.2. The molecule has 0 fully saturated rings. The van der Waals surface area contributed by atoms with Crippen LogP contribution >= 0.6 is 0 Å². The minimum atomic E-state index is -0.429. The van der Waals surface area contributed by atoms with E-state index in [1.54, 1.807) is 0 Å². The Hall–Kier alpha value is -8.72. The predicted octanol–water partition coefficient (Wildman–Crippen LogP) is 17.7. The average Bonchev–Trinajstić information content (AvgIpc) is 4.08. The molecule has 0 unspecified atom stereocenters. The van der Waals surface area contributed by atoms with Gasteiger partial charge in [-0.25, -0.2) is 0 Å². The van der Waals surface area contributed by atoms with Gasteiger partial charge < -0.3 is 9.47 Å². The number of nitrogens with zero attached hydrogens (tertiary/aromatic N) is 2. The molecule has 12 aromatic rings. The monoisotopic (exact) mass is 890 g/mol. The van der Waals surface area contributed by atoms with Crippen LogP contribution in [-0.4, -0.2) is 4.57 Å². The van der Waals surface area contributed by atoms with E-state index in [0.29, 0.717) is 0 Å². The first-order chi connectivity index (χ1) is 34.5. The average molecular weight is 891 g/mol. The van der Waals surface area contributed by atoms with Crippen LogP contribution in [0.15, 0.2) is 243 Å². The second-order valence-corrected chi connectivity index (χ2v) is 20.0. The van der Waals surface area contributed by atoms with Crippen LogP contribution in [0.2, 0.25) is 0 Å². The van der Waals surface area contributed by atoms with E-state index in [1.807, 2.05) is 0 Å². The fourth-order valence-electron chi connectivity index (χ4n) is 13.2. The van der Waals surface area contributed by atoms with Crippen molar-refractivity contribution in [1.29, 1.82) is 0 Å². The summed E-state index contributed by atoms with van der Waals surface area (Å²) >= 11 is 0. The van der Waals surface area contributed by atoms with Crippen molar-refractivity contribution in [3.8, 4) is 50.2 Å². The number of fused-ring (bicyclic) bond motifs is 17. The van der Waals surface area contributed by atoms with Gasteiger partial charge in [0, 0.05) is 38.9 Å². The van der Waals surface area contributed by atoms with Gasteiger partial charge in [-0.3, -0.25) is 0 Å². The molecule has 0 atom stereocenters. The van der Waals surface area contributed by atoms with Crippen LogP contribution in [0, 0.1) is 0 Å². The number of benzene rings is 11. The van der Waals surface area contributed by atoms with E-state index in [-0.39, 0.29) is 5.41 Å². The molecule has 3 aliphatic carbocycles. The molecule has 0 N–H and O–H groups in total. The van der Waals surface area contributed by atoms with E-state index in [4.69, 9.17) is 0 Å². The molecule has 1 heterocycles. The van der Waals surface area contributed by atoms with E-state index < -0.39 is 5.41 Å². The summed E-state index contributed by atoms with van der Waals surface area (Å²) in [5.74, 6) is 0. The summed E-state index contributed by atoms with van der Waals surface area (Å²) in [4.78, 5) is 2.43. The van der Waals surface area contributed by atoms with Crippen LogP contribution in [0.3, 0.4) is 0 Å². The van der Waals surface area contributed by atoms with Gasteiger partial charge in [-0.05, 0) is 149 Å². The first-order valence-corrected chi connectivity index (χ1v) is 24.6. The smallest absolute Gasteiger partial charge is 0.0731 e. The molecule has 0 radical (unpaired) electrons. The fourth-order valence-corrected chi connectivity index (χ4v) is 13.2. The summed E-state index contributed by atoms with van der Waals surface area (Å²) in [5, 5.41) is 4.94. The Morgan fingerprint density at radius 1 is 0.329 bits per heavy atom. The summed E-state index contributed by atoms with van der Waals surface area (Å²) in [6.45, 7) is 4.73. The van der Waals surface area contributed by atoms with Gasteiger partial charge in [0.05, 0.1) is 16.4 Å². The quantitative estimate of drug-likeness (QED) is 0.167. The van der Waals surface area contributed by atoms with Crippen LogP contribution in [0.1, 0.15) is 47.2 Å². The molecule has 0 bridgehead atoms. The maximum atomic E-state index is 2.49. The Kier molecular flexibility index (Phi) is 8.08. The molecular formula is C68H46N2. The molecule has 2 nitrogen and oxygen atoms in total. The Labute approximate surface area is 408 Å². The topological polar surface area (TPSA) is 8.17 Å². The van der Waals surface area contributed by atoms with Crippen LogP contribution in [0.25, 0.3) is 82.8 Å². The van der Waals surface area contributed by atoms with Gasteiger partial charge in [-0.15, -0.1) is 0 Å². The summed E-state index contributed by atoms with van der Waals surface area (Å²) in [7, 11) is 0. The first-order valence-electron chi connectivity index (χ1n) is 24.6. The van der Waals surface area contributed by atoms with Crippen LogP contribution in [0.4, 0.5) is 17.1 Å². The molecule has 0 amide bonds. The lowest BCUT2D eigenvalue weighted by Crippen LogP contribution is -2.26. The molecule has 15 rings (SSSR count). The highest BCUT2D eigenvalue weighted by Crippen LogP contribution is 2.64. The highest BCUT2D eigenvalue weighted by molar-refractivity contribution is 6.14. The van der Waals surface area contributed by atoms with Gasteiger partial charge in [-0.1, -0.05) is 196 Å². The molecule has 11 aromatic carbocycles. The van der Waals surface area contributed by atoms with E-state index in [2.05, 4.69) is 266 Å². The number of anilines is 3. The van der Waals surface area contributed by atoms with Crippen molar-refractivity contribution in [2.45, 2.75) is 24.7 Å². The standard InChI is InChI=1S/C68H46N2/c1-67(2)59-27-12-8-21-51(59)55-37-35-48(41-63(55)67)69(46-19-4-3-5-20-46)49-36-38-56-58-39-44-17-6-7-18-45(44)40-64(58)70(65(56)42-49)47-33-31-43(32-34-47)50-25-16-26-57-54-24-11-15-30-62(54)68(66(50)57)60-28-13-9-22-52(60)53-23-10-14-29-61(53)68/h3-42H,1-2H3. The fraction of sp³-hybridized carbons (Fsp3) is 0.0588. The zero-order valence-corrected chi connectivity index (χ0v) is 39.0. The van der Waals surface area contributed by atoms with Crippen molar-refractivity contribution >= 4 is 49.6 Å². The number of hydrogen-bond donors (Lipinski definition) is 0. The molecule has 0 saturated heterocycles. The molecule has 328 valence electrons. The maximum Gasteiger partial charge on any atom is 0.0731 e. The van der Waals surface area contributed by atoms with Crippen molar-refractivity contribution in [2.75, 3.05) is 4.90 Å². The number of para-hydroxylation sites is 1. The third-order valence-corrected chi connectivity index (χ3v) is 16.2. The SMILES string of the molecule is CC1(C)c2ccccc2-c2ccc(N(c3ccccc3)c3ccc4c5cc6ccccc6cc5n(-c5ccc(-c6cccc7c6C6(c8ccccc8-c8ccccc86)c6ccccc6-7)cc5)c4c3)cc21. The molecule has 2 heteroatoms. The van der Waals surface area contributed by atoms with Gasteiger partial charge in [0.1, 0.15) is 0 Å². The van der Waals surface area contributed by atoms with Crippen molar-refractivity contribution in [3.63, 3.8) is 0 Å². The zero-order chi connectivity index (χ0) is 46.3. The Balaban J connectivity index is 0.925. The third kappa shape index (κ3) is 5.23. The second-order valence-electron chi connectivity index (χ2n) is 20.0. The highest BCUT2D eigenvalue weighted by Gasteiger charge is 2.52. The van der Waals surface area contributed by atoms with Gasteiger partial charge in [-0.2, -0.15) is 0 Å². The van der Waals surface area contributed by atoms with Crippen LogP contribution in [0.5, 0.6) is 0 Å². The lowest BCUT2D eigenvalue weighted by Gasteiger charge is -2.32. The van der Waals surface area contributed by atoms with E-state index in [1.165, 1.54) is 110 Å². The molecular weight excluding hydrogens is 845 g/mol. The molecule has 0 aliphatic heterocycles. The Morgan fingerprint density at radius 2 is 0.829 bits per heavy atom. The van der Waals surface area contributed by atoms with E-state index in [0.717, 1.165) is 22.7 Å². The predicted molar refractivity (Wildman–Crippen MR) is 292 cm³/mol. The number of hydrogen-bond acceptors (Lipinski definition) is 1. The van der Waals surface area contributed by atoms with E-state index >= 15 is 0 Å². The highest BCUT2D eigenvalue weighted by atomic mass is 15.1. The Bertz CT molecular complexity index is 4090. The summed E-state index contributed by atoms with van der Waals surface area (Å²) in [5.41, 5.74) is 24.9. The van der Waals surface area contributed by atoms with Crippen molar-refractivity contribution in [1.82, 2.24) is 4.57 Å². The van der Waals surface area contributed by atoms with Crippen LogP contribution < -0.4 is 4.90 Å². The largest absolute Gasteiger partial charge is 0.310 e. The van der Waals surface area contributed by atoms with Crippen molar-refractivity contribution in [3.05, 3.63) is 276 Å². The molecule has 3 aliphatic rings. The van der Waals surface area contributed by atoms with Gasteiger partial charge in [0.15, 0.2) is 0 Å². The van der Waals surface area contributed by atoms with Crippen molar-refractivity contribution < 1.29 is 0 Å². The van der Waals surface area contributed by atoms with Crippen LogP contribution in [-0.2, 0) is 10.8 Å². The van der Waals surface area contributed by atoms with Gasteiger partial charge in [0.2, 0.25) is 0 Å². The van der Waals surface area contributed by atoms with Crippen molar-refractivity contribution in [2.24, 2.45) is 0 Å². The summed E-state index contributed by atoms with van der Waals surface area (Å²) in [6, 6.07) is 91.0. The molecule has 1 aromatic heterocycles. The maximum absolute atomic E-state index is 2.49. The minimum absolute atomic E-state index is 0.120. The number of rotatable bonds is 5. The number of aromatic nitrogens is 1. The molecule has 1 spiro atoms. The van der Waals surface area contributed by atoms with Gasteiger partial charge in [0.25, 0.3) is 0 Å². The van der Waals surface area contributed by atoms with Gasteiger partial charge >= 0.3 is 0 Å². The summed E-state index contributed by atoms with van der Waals surface area (Å²) < 4.78 is 2.49. The Morgan fingerprint density at radius 3 is 1.51 bits per heavy atom. The summed E-state index contributed by atoms with van der Waals surface area (Å²) in [6.07, 6.45) is 0.